The van der Waals surface area contributed by atoms with E-state index in [2.05, 4.69) is 16.4 Å². The minimum Gasteiger partial charge on any atom is -0.462 e. The molecule has 0 aliphatic rings. The number of benzene rings is 1. The predicted molar refractivity (Wildman–Crippen MR) is 113 cm³/mol. The van der Waals surface area contributed by atoms with E-state index in [-0.39, 0.29) is 12.5 Å². The van der Waals surface area contributed by atoms with Crippen LogP contribution in [0.25, 0.3) is 10.2 Å². The Kier molecular flexibility index (Phi) is 6.77. The Morgan fingerprint density at radius 1 is 1.21 bits per heavy atom. The Balaban J connectivity index is 1.63. The topological polar surface area (TPSA) is 72.7 Å². The Hall–Kier alpha value is -2.29. The minimum absolute atomic E-state index is 0.131. The number of carbonyl (C=O) groups is 2. The summed E-state index contributed by atoms with van der Waals surface area (Å²) in [5.74, 6) is -0.530. The van der Waals surface area contributed by atoms with Crippen molar-refractivity contribution in [2.45, 2.75) is 26.8 Å². The van der Waals surface area contributed by atoms with Gasteiger partial charge in [0.25, 0.3) is 5.91 Å². The van der Waals surface area contributed by atoms with E-state index in [0.29, 0.717) is 23.7 Å². The van der Waals surface area contributed by atoms with Crippen molar-refractivity contribution >= 4 is 49.8 Å². The number of aryl methyl sites for hydroxylation is 1. The standard InChI is InChI=1S/C20H23N3O3S2/c1-4-13-10-14(20(25)26-5-2)19(27-13)22-17(24)11-23(3)12-18-21-15-8-6-7-9-16(15)28-18/h6-10H,4-5,11-12H2,1-3H3,(H,22,24)/p+1. The minimum atomic E-state index is -0.399. The molecule has 0 aliphatic heterocycles. The molecule has 2 heterocycles. The third-order valence-electron chi connectivity index (χ3n) is 4.13. The van der Waals surface area contributed by atoms with Crippen molar-refractivity contribution in [1.29, 1.82) is 0 Å². The second-order valence-corrected chi connectivity index (χ2v) is 8.72. The maximum absolute atomic E-state index is 12.5. The Morgan fingerprint density at radius 3 is 2.71 bits per heavy atom. The van der Waals surface area contributed by atoms with E-state index in [1.54, 1.807) is 24.3 Å². The normalized spacial score (nSPS) is 12.1. The average molecular weight is 419 g/mol. The summed E-state index contributed by atoms with van der Waals surface area (Å²) in [6, 6.07) is 9.83. The van der Waals surface area contributed by atoms with Gasteiger partial charge in [0.05, 0.1) is 29.4 Å². The zero-order valence-electron chi connectivity index (χ0n) is 16.2. The van der Waals surface area contributed by atoms with Crippen molar-refractivity contribution in [2.75, 3.05) is 25.5 Å². The fraction of sp³-hybridized carbons (Fsp3) is 0.350. The number of nitrogens with one attached hydrogen (secondary N) is 2. The summed E-state index contributed by atoms with van der Waals surface area (Å²) in [6.07, 6.45) is 0.801. The quantitative estimate of drug-likeness (QED) is 0.552. The number of amides is 1. The highest BCUT2D eigenvalue weighted by Crippen LogP contribution is 2.29. The number of nitrogens with zero attached hydrogens (tertiary/aromatic N) is 1. The number of esters is 1. The summed E-state index contributed by atoms with van der Waals surface area (Å²) in [6.45, 7) is 5.05. The van der Waals surface area contributed by atoms with Crippen LogP contribution in [0.4, 0.5) is 5.00 Å². The molecule has 6 nitrogen and oxygen atoms in total. The van der Waals surface area contributed by atoms with Crippen LogP contribution in [0.5, 0.6) is 0 Å². The summed E-state index contributed by atoms with van der Waals surface area (Å²) in [5, 5.41) is 4.45. The van der Waals surface area contributed by atoms with Crippen molar-refractivity contribution in [3.05, 3.63) is 45.8 Å². The van der Waals surface area contributed by atoms with E-state index in [1.165, 1.54) is 11.3 Å². The molecule has 0 fully saturated rings. The van der Waals surface area contributed by atoms with Crippen LogP contribution in [-0.2, 0) is 22.5 Å². The lowest BCUT2D eigenvalue weighted by Gasteiger charge is -2.12. The number of hydrogen-bond acceptors (Lipinski definition) is 6. The molecule has 0 saturated carbocycles. The van der Waals surface area contributed by atoms with E-state index < -0.39 is 5.97 Å². The third kappa shape index (κ3) is 4.95. The molecule has 1 unspecified atom stereocenters. The van der Waals surface area contributed by atoms with Gasteiger partial charge in [-0.2, -0.15) is 0 Å². The fourth-order valence-corrected chi connectivity index (χ4v) is 4.91. The smallest absolute Gasteiger partial charge is 0.341 e. The molecule has 2 N–H and O–H groups in total. The molecular formula is C20H24N3O3S2+. The van der Waals surface area contributed by atoms with Crippen molar-refractivity contribution in [1.82, 2.24) is 4.98 Å². The molecule has 1 aromatic carbocycles. The third-order valence-corrected chi connectivity index (χ3v) is 6.36. The molecule has 148 valence electrons. The van der Waals surface area contributed by atoms with Crippen molar-refractivity contribution in [2.24, 2.45) is 0 Å². The molecule has 0 aliphatic carbocycles. The van der Waals surface area contributed by atoms with E-state index in [0.717, 1.165) is 31.4 Å². The fourth-order valence-electron chi connectivity index (χ4n) is 2.83. The van der Waals surface area contributed by atoms with Crippen LogP contribution in [0.3, 0.4) is 0 Å². The highest BCUT2D eigenvalue weighted by Gasteiger charge is 2.20. The van der Waals surface area contributed by atoms with Gasteiger partial charge in [-0.1, -0.05) is 19.1 Å². The number of thiophene rings is 1. The average Bonchev–Trinajstić information content (AvgIpc) is 3.24. The van der Waals surface area contributed by atoms with Gasteiger partial charge in [-0.25, -0.2) is 9.78 Å². The number of anilines is 1. The first kappa shape index (κ1) is 20.4. The molecule has 2 aromatic heterocycles. The molecule has 0 spiro atoms. The molecule has 1 atom stereocenters. The lowest BCUT2D eigenvalue weighted by atomic mass is 10.2. The van der Waals surface area contributed by atoms with Gasteiger partial charge in [0.15, 0.2) is 6.54 Å². The summed E-state index contributed by atoms with van der Waals surface area (Å²) in [7, 11) is 1.96. The van der Waals surface area contributed by atoms with Gasteiger partial charge in [-0.3, -0.25) is 4.79 Å². The summed E-state index contributed by atoms with van der Waals surface area (Å²) >= 11 is 3.08. The number of quaternary nitrogens is 1. The number of hydrogen-bond donors (Lipinski definition) is 2. The van der Waals surface area contributed by atoms with Gasteiger partial charge in [0, 0.05) is 4.88 Å². The monoisotopic (exact) mass is 418 g/mol. The number of rotatable bonds is 8. The maximum atomic E-state index is 12.5. The molecule has 3 aromatic rings. The van der Waals surface area contributed by atoms with Crippen LogP contribution in [0.15, 0.2) is 30.3 Å². The van der Waals surface area contributed by atoms with Crippen molar-refractivity contribution < 1.29 is 19.2 Å². The molecule has 0 saturated heterocycles. The lowest BCUT2D eigenvalue weighted by Crippen LogP contribution is -3.08. The lowest BCUT2D eigenvalue weighted by molar-refractivity contribution is -0.885. The zero-order valence-corrected chi connectivity index (χ0v) is 17.8. The first-order valence-corrected chi connectivity index (χ1v) is 10.9. The van der Waals surface area contributed by atoms with Gasteiger partial charge in [-0.05, 0) is 31.5 Å². The molecule has 0 radical (unpaired) electrons. The van der Waals surface area contributed by atoms with Crippen LogP contribution in [0.1, 0.15) is 34.1 Å². The van der Waals surface area contributed by atoms with Crippen LogP contribution < -0.4 is 10.2 Å². The zero-order chi connectivity index (χ0) is 20.1. The number of para-hydroxylation sites is 1. The molecule has 28 heavy (non-hydrogen) atoms. The predicted octanol–water partition coefficient (Wildman–Crippen LogP) is 2.75. The van der Waals surface area contributed by atoms with Gasteiger partial charge in [-0.15, -0.1) is 22.7 Å². The number of likely N-dealkylation sites (N-methyl/N-ethyl adjacent to an activating group) is 1. The maximum Gasteiger partial charge on any atom is 0.341 e. The first-order valence-electron chi connectivity index (χ1n) is 9.25. The number of carbonyl (C=O) groups excluding carboxylic acids is 2. The van der Waals surface area contributed by atoms with Gasteiger partial charge >= 0.3 is 5.97 Å². The van der Waals surface area contributed by atoms with E-state index in [1.807, 2.05) is 32.2 Å². The van der Waals surface area contributed by atoms with E-state index in [9.17, 15) is 9.59 Å². The van der Waals surface area contributed by atoms with Crippen LogP contribution in [-0.4, -0.2) is 37.1 Å². The second kappa shape index (κ2) is 9.27. The van der Waals surface area contributed by atoms with Crippen LogP contribution >= 0.6 is 22.7 Å². The number of thiazole rings is 1. The van der Waals surface area contributed by atoms with Gasteiger partial charge in [0.2, 0.25) is 0 Å². The Bertz CT molecular complexity index is 947. The van der Waals surface area contributed by atoms with Crippen LogP contribution in [0, 0.1) is 0 Å². The highest BCUT2D eigenvalue weighted by molar-refractivity contribution is 7.18. The van der Waals surface area contributed by atoms with Crippen LogP contribution in [0.2, 0.25) is 0 Å². The van der Waals surface area contributed by atoms with Gasteiger partial charge < -0.3 is 15.0 Å². The summed E-state index contributed by atoms with van der Waals surface area (Å²) in [4.78, 5) is 31.4. The number of fused-ring (bicyclic) bond motifs is 1. The first-order chi connectivity index (χ1) is 13.5. The molecule has 0 bridgehead atoms. The molecule has 8 heteroatoms. The van der Waals surface area contributed by atoms with E-state index in [4.69, 9.17) is 4.74 Å². The molecule has 1 amide bonds. The molecule has 3 rings (SSSR count). The second-order valence-electron chi connectivity index (χ2n) is 6.46. The Morgan fingerprint density at radius 2 is 2.00 bits per heavy atom. The SMILES string of the molecule is CCOC(=O)c1cc(CC)sc1NC(=O)C[NH+](C)Cc1nc2ccccc2s1. The highest BCUT2D eigenvalue weighted by atomic mass is 32.1. The van der Waals surface area contributed by atoms with Crippen molar-refractivity contribution in [3.8, 4) is 0 Å². The molecular weight excluding hydrogens is 394 g/mol. The summed E-state index contributed by atoms with van der Waals surface area (Å²) in [5.41, 5.74) is 1.42. The van der Waals surface area contributed by atoms with Crippen molar-refractivity contribution in [3.63, 3.8) is 0 Å². The largest absolute Gasteiger partial charge is 0.462 e. The Labute approximate surface area is 172 Å². The summed E-state index contributed by atoms with van der Waals surface area (Å²) < 4.78 is 6.25. The van der Waals surface area contributed by atoms with Gasteiger partial charge in [0.1, 0.15) is 16.6 Å². The van der Waals surface area contributed by atoms with E-state index >= 15 is 0 Å². The number of ether oxygens (including phenoxy) is 1. The number of aromatic nitrogens is 1.